The van der Waals surface area contributed by atoms with E-state index in [1.54, 1.807) is 7.05 Å². The number of phenolic OH excluding ortho intramolecular Hbond substituents is 1. The third kappa shape index (κ3) is 1.08. The highest BCUT2D eigenvalue weighted by Crippen LogP contribution is 2.34. The highest BCUT2D eigenvalue weighted by molar-refractivity contribution is 6.34. The maximum atomic E-state index is 11.5. The zero-order valence-corrected chi connectivity index (χ0v) is 7.80. The number of hydrogen-bond acceptors (Lipinski definition) is 2. The Kier molecular flexibility index (Phi) is 1.70. The predicted molar refractivity (Wildman–Crippen MR) is 48.9 cm³/mol. The summed E-state index contributed by atoms with van der Waals surface area (Å²) in [4.78, 5) is 13.0. The van der Waals surface area contributed by atoms with Crippen molar-refractivity contribution < 1.29 is 9.90 Å². The second-order valence-corrected chi connectivity index (χ2v) is 3.49. The summed E-state index contributed by atoms with van der Waals surface area (Å²) in [6.45, 7) is 0.431. The Morgan fingerprint density at radius 1 is 1.54 bits per heavy atom. The van der Waals surface area contributed by atoms with Crippen molar-refractivity contribution in [3.05, 3.63) is 28.3 Å². The molecule has 0 aromatic heterocycles. The van der Waals surface area contributed by atoms with Crippen LogP contribution < -0.4 is 0 Å². The van der Waals surface area contributed by atoms with Crippen LogP contribution in [0, 0.1) is 0 Å². The van der Waals surface area contributed by atoms with E-state index >= 15 is 0 Å². The van der Waals surface area contributed by atoms with Crippen LogP contribution in [0.3, 0.4) is 0 Å². The molecule has 1 aromatic carbocycles. The molecular weight excluding hydrogens is 190 g/mol. The second kappa shape index (κ2) is 2.64. The van der Waals surface area contributed by atoms with E-state index in [2.05, 4.69) is 0 Å². The van der Waals surface area contributed by atoms with E-state index in [0.717, 1.165) is 0 Å². The lowest BCUT2D eigenvalue weighted by molar-refractivity contribution is 0.0816. The summed E-state index contributed by atoms with van der Waals surface area (Å²) >= 11 is 5.84. The van der Waals surface area contributed by atoms with Gasteiger partial charge < -0.3 is 10.0 Å². The van der Waals surface area contributed by atoms with Crippen molar-refractivity contribution in [1.29, 1.82) is 0 Å². The first-order valence-corrected chi connectivity index (χ1v) is 4.25. The molecule has 3 nitrogen and oxygen atoms in total. The lowest BCUT2D eigenvalue weighted by atomic mass is 10.1. The van der Waals surface area contributed by atoms with Crippen molar-refractivity contribution in [2.75, 3.05) is 7.05 Å². The van der Waals surface area contributed by atoms with Crippen LogP contribution in [0.2, 0.25) is 5.02 Å². The van der Waals surface area contributed by atoms with Gasteiger partial charge >= 0.3 is 0 Å². The van der Waals surface area contributed by atoms with Crippen molar-refractivity contribution in [1.82, 2.24) is 4.90 Å². The van der Waals surface area contributed by atoms with E-state index in [4.69, 9.17) is 11.6 Å². The summed E-state index contributed by atoms with van der Waals surface area (Å²) < 4.78 is 0. The van der Waals surface area contributed by atoms with Gasteiger partial charge in [0.05, 0.1) is 17.1 Å². The summed E-state index contributed by atoms with van der Waals surface area (Å²) in [7, 11) is 1.68. The maximum Gasteiger partial charge on any atom is 0.255 e. The van der Waals surface area contributed by atoms with Crippen LogP contribution >= 0.6 is 11.6 Å². The molecular formula is C9H8ClNO2. The Bertz CT molecular complexity index is 389. The van der Waals surface area contributed by atoms with Crippen molar-refractivity contribution in [2.24, 2.45) is 0 Å². The fraction of sp³-hybridized carbons (Fsp3) is 0.222. The van der Waals surface area contributed by atoms with Crippen molar-refractivity contribution >= 4 is 17.5 Å². The lowest BCUT2D eigenvalue weighted by Gasteiger charge is -2.04. The van der Waals surface area contributed by atoms with Gasteiger partial charge in [-0.1, -0.05) is 11.6 Å². The summed E-state index contributed by atoms with van der Waals surface area (Å²) in [5.41, 5.74) is 1.06. The molecule has 0 bridgehead atoms. The smallest absolute Gasteiger partial charge is 0.255 e. The normalized spacial score (nSPS) is 14.9. The minimum atomic E-state index is -0.129. The van der Waals surface area contributed by atoms with E-state index in [-0.39, 0.29) is 11.7 Å². The Balaban J connectivity index is 2.68. The van der Waals surface area contributed by atoms with Gasteiger partial charge in [0.2, 0.25) is 0 Å². The molecule has 0 spiro atoms. The third-order valence-electron chi connectivity index (χ3n) is 2.19. The monoisotopic (exact) mass is 197 g/mol. The quantitative estimate of drug-likeness (QED) is 0.687. The summed E-state index contributed by atoms with van der Waals surface area (Å²) in [5, 5.41) is 9.86. The molecule has 0 saturated heterocycles. The molecule has 0 aliphatic carbocycles. The Morgan fingerprint density at radius 2 is 2.23 bits per heavy atom. The number of fused-ring (bicyclic) bond motifs is 1. The standard InChI is InChI=1S/C9H8ClNO2/c1-11-4-5-7(12)3-2-6(10)8(5)9(11)13/h2-3,12H,4H2,1H3. The first-order valence-electron chi connectivity index (χ1n) is 3.87. The number of amides is 1. The average Bonchev–Trinajstić information content (AvgIpc) is 2.38. The fourth-order valence-corrected chi connectivity index (χ4v) is 1.76. The number of benzene rings is 1. The van der Waals surface area contributed by atoms with Gasteiger partial charge in [-0.15, -0.1) is 0 Å². The van der Waals surface area contributed by atoms with Crippen LogP contribution in [-0.2, 0) is 6.54 Å². The Labute approximate surface area is 80.5 Å². The minimum absolute atomic E-state index is 0.129. The van der Waals surface area contributed by atoms with E-state index in [1.807, 2.05) is 0 Å². The molecule has 1 aliphatic rings. The molecule has 0 saturated carbocycles. The highest BCUT2D eigenvalue weighted by atomic mass is 35.5. The minimum Gasteiger partial charge on any atom is -0.508 e. The second-order valence-electron chi connectivity index (χ2n) is 3.08. The fourth-order valence-electron chi connectivity index (χ4n) is 1.50. The van der Waals surface area contributed by atoms with Gasteiger partial charge in [0.15, 0.2) is 0 Å². The Morgan fingerprint density at radius 3 is 2.85 bits per heavy atom. The molecule has 1 heterocycles. The number of carbonyl (C=O) groups excluding carboxylic acids is 1. The number of aromatic hydroxyl groups is 1. The van der Waals surface area contributed by atoms with Gasteiger partial charge in [0.25, 0.3) is 5.91 Å². The van der Waals surface area contributed by atoms with Gasteiger partial charge in [-0.3, -0.25) is 4.79 Å². The molecule has 1 N–H and O–H groups in total. The first kappa shape index (κ1) is 8.38. The van der Waals surface area contributed by atoms with Crippen molar-refractivity contribution in [3.63, 3.8) is 0 Å². The highest BCUT2D eigenvalue weighted by Gasteiger charge is 2.29. The molecule has 4 heteroatoms. The molecule has 1 aromatic rings. The summed E-state index contributed by atoms with van der Waals surface area (Å²) in [6, 6.07) is 3.04. The van der Waals surface area contributed by atoms with Gasteiger partial charge in [-0.05, 0) is 12.1 Å². The van der Waals surface area contributed by atoms with E-state index in [1.165, 1.54) is 17.0 Å². The van der Waals surface area contributed by atoms with Crippen molar-refractivity contribution in [3.8, 4) is 5.75 Å². The topological polar surface area (TPSA) is 40.5 Å². The molecule has 1 aliphatic heterocycles. The number of rotatable bonds is 0. The third-order valence-corrected chi connectivity index (χ3v) is 2.51. The number of hydrogen-bond donors (Lipinski definition) is 1. The molecule has 13 heavy (non-hydrogen) atoms. The summed E-state index contributed by atoms with van der Waals surface area (Å²) in [5.74, 6) is 0.00741. The SMILES string of the molecule is CN1Cc2c(O)ccc(Cl)c2C1=O. The predicted octanol–water partition coefficient (Wildman–Crippen LogP) is 1.63. The molecule has 2 rings (SSSR count). The molecule has 1 amide bonds. The van der Waals surface area contributed by atoms with Gasteiger partial charge in [0.1, 0.15) is 5.75 Å². The Hall–Kier alpha value is -1.22. The van der Waals surface area contributed by atoms with Crippen LogP contribution in [0.1, 0.15) is 15.9 Å². The first-order chi connectivity index (χ1) is 6.11. The molecule has 0 radical (unpaired) electrons. The van der Waals surface area contributed by atoms with E-state index in [0.29, 0.717) is 22.7 Å². The van der Waals surface area contributed by atoms with Crippen LogP contribution in [0.15, 0.2) is 12.1 Å². The van der Waals surface area contributed by atoms with Gasteiger partial charge in [-0.2, -0.15) is 0 Å². The number of phenols is 1. The lowest BCUT2D eigenvalue weighted by Crippen LogP contribution is -2.17. The largest absolute Gasteiger partial charge is 0.508 e. The molecule has 0 fully saturated rings. The van der Waals surface area contributed by atoms with Crippen LogP contribution in [0.25, 0.3) is 0 Å². The average molecular weight is 198 g/mol. The van der Waals surface area contributed by atoms with Crippen LogP contribution in [0.5, 0.6) is 5.75 Å². The zero-order chi connectivity index (χ0) is 9.59. The van der Waals surface area contributed by atoms with Crippen LogP contribution in [-0.4, -0.2) is 23.0 Å². The van der Waals surface area contributed by atoms with E-state index in [9.17, 15) is 9.90 Å². The molecule has 0 unspecified atom stereocenters. The van der Waals surface area contributed by atoms with E-state index < -0.39 is 0 Å². The number of halogens is 1. The zero-order valence-electron chi connectivity index (χ0n) is 7.04. The summed E-state index contributed by atoms with van der Waals surface area (Å²) in [6.07, 6.45) is 0. The number of carbonyl (C=O) groups is 1. The van der Waals surface area contributed by atoms with Crippen molar-refractivity contribution in [2.45, 2.75) is 6.54 Å². The van der Waals surface area contributed by atoms with Gasteiger partial charge in [0, 0.05) is 12.6 Å². The van der Waals surface area contributed by atoms with Gasteiger partial charge in [-0.25, -0.2) is 0 Å². The maximum absolute atomic E-state index is 11.5. The van der Waals surface area contributed by atoms with Crippen LogP contribution in [0.4, 0.5) is 0 Å². The molecule has 0 atom stereocenters. The molecule has 68 valence electrons. The number of nitrogens with zero attached hydrogens (tertiary/aromatic N) is 1.